The van der Waals surface area contributed by atoms with Crippen molar-refractivity contribution in [2.75, 3.05) is 18.1 Å². The Morgan fingerprint density at radius 2 is 2.06 bits per heavy atom. The molecule has 0 aliphatic carbocycles. The summed E-state index contributed by atoms with van der Waals surface area (Å²) in [6.07, 6.45) is 0.722. The Labute approximate surface area is 108 Å². The normalized spacial score (nSPS) is 21.9. The Morgan fingerprint density at radius 1 is 1.33 bits per heavy atom. The van der Waals surface area contributed by atoms with Gasteiger partial charge in [0.15, 0.2) is 9.84 Å². The molecule has 0 radical (unpaired) electrons. The topological polar surface area (TPSA) is 55.4 Å². The van der Waals surface area contributed by atoms with Crippen molar-refractivity contribution in [3.05, 3.63) is 29.8 Å². The summed E-state index contributed by atoms with van der Waals surface area (Å²) in [4.78, 5) is 0. The largest absolute Gasteiger partial charge is 0.494 e. The molecule has 5 heteroatoms. The minimum Gasteiger partial charge on any atom is -0.494 e. The zero-order chi connectivity index (χ0) is 13.0. The lowest BCUT2D eigenvalue weighted by Gasteiger charge is -2.11. The summed E-state index contributed by atoms with van der Waals surface area (Å²) in [5.74, 6) is 1.45. The number of hydrogen-bond acceptors (Lipinski definition) is 4. The standard InChI is InChI=1S/C13H19NO3S/c1-2-17-13-5-3-11(4-6-13)9-14-12-7-8-18(15,16)10-12/h3-6,12,14H,2,7-10H2,1H3/t12-/m0/s1. The molecule has 4 nitrogen and oxygen atoms in total. The first kappa shape index (κ1) is 13.4. The fourth-order valence-electron chi connectivity index (χ4n) is 2.09. The van der Waals surface area contributed by atoms with Crippen LogP contribution in [0.25, 0.3) is 0 Å². The predicted octanol–water partition coefficient (Wildman–Crippen LogP) is 1.36. The maximum Gasteiger partial charge on any atom is 0.151 e. The van der Waals surface area contributed by atoms with Crippen molar-refractivity contribution < 1.29 is 13.2 Å². The highest BCUT2D eigenvalue weighted by Gasteiger charge is 2.27. The van der Waals surface area contributed by atoms with Crippen LogP contribution in [-0.4, -0.2) is 32.6 Å². The SMILES string of the molecule is CCOc1ccc(CN[C@H]2CCS(=O)(=O)C2)cc1. The van der Waals surface area contributed by atoms with Crippen molar-refractivity contribution in [2.45, 2.75) is 25.9 Å². The van der Waals surface area contributed by atoms with Gasteiger partial charge >= 0.3 is 0 Å². The van der Waals surface area contributed by atoms with Gasteiger partial charge in [-0.3, -0.25) is 0 Å². The molecular formula is C13H19NO3S. The first-order chi connectivity index (χ1) is 8.59. The molecule has 18 heavy (non-hydrogen) atoms. The summed E-state index contributed by atoms with van der Waals surface area (Å²) in [6, 6.07) is 7.97. The van der Waals surface area contributed by atoms with E-state index in [2.05, 4.69) is 5.32 Å². The Hall–Kier alpha value is -1.07. The Morgan fingerprint density at radius 3 is 2.61 bits per heavy atom. The van der Waals surface area contributed by atoms with Crippen LogP contribution < -0.4 is 10.1 Å². The van der Waals surface area contributed by atoms with E-state index in [-0.39, 0.29) is 11.8 Å². The van der Waals surface area contributed by atoms with Gasteiger partial charge in [-0.05, 0) is 31.0 Å². The van der Waals surface area contributed by atoms with Crippen LogP contribution in [0, 0.1) is 0 Å². The molecule has 1 atom stereocenters. The lowest BCUT2D eigenvalue weighted by Crippen LogP contribution is -2.29. The van der Waals surface area contributed by atoms with Crippen molar-refractivity contribution in [1.82, 2.24) is 5.32 Å². The summed E-state index contributed by atoms with van der Waals surface area (Å²) in [5, 5.41) is 3.28. The first-order valence-corrected chi connectivity index (χ1v) is 8.07. The first-order valence-electron chi connectivity index (χ1n) is 6.24. The molecular weight excluding hydrogens is 250 g/mol. The number of ether oxygens (including phenoxy) is 1. The molecule has 1 aromatic rings. The van der Waals surface area contributed by atoms with Crippen molar-refractivity contribution in [1.29, 1.82) is 0 Å². The van der Waals surface area contributed by atoms with Crippen LogP contribution in [0.15, 0.2) is 24.3 Å². The van der Waals surface area contributed by atoms with E-state index >= 15 is 0 Å². The highest BCUT2D eigenvalue weighted by molar-refractivity contribution is 7.91. The molecule has 1 aliphatic heterocycles. The third kappa shape index (κ3) is 3.71. The van der Waals surface area contributed by atoms with Crippen LogP contribution in [0.3, 0.4) is 0 Å². The van der Waals surface area contributed by atoms with Gasteiger partial charge < -0.3 is 10.1 Å². The third-order valence-electron chi connectivity index (χ3n) is 3.06. The van der Waals surface area contributed by atoms with E-state index < -0.39 is 9.84 Å². The summed E-state index contributed by atoms with van der Waals surface area (Å²) in [7, 11) is -2.80. The summed E-state index contributed by atoms with van der Waals surface area (Å²) < 4.78 is 28.0. The molecule has 1 fully saturated rings. The van der Waals surface area contributed by atoms with Crippen LogP contribution in [0.2, 0.25) is 0 Å². The van der Waals surface area contributed by atoms with Crippen LogP contribution >= 0.6 is 0 Å². The second-order valence-corrected chi connectivity index (χ2v) is 6.79. The van der Waals surface area contributed by atoms with E-state index in [9.17, 15) is 8.42 Å². The van der Waals surface area contributed by atoms with Crippen molar-refractivity contribution in [2.24, 2.45) is 0 Å². The van der Waals surface area contributed by atoms with Crippen molar-refractivity contribution in [3.8, 4) is 5.75 Å². The van der Waals surface area contributed by atoms with Crippen LogP contribution in [0.4, 0.5) is 0 Å². The second kappa shape index (κ2) is 5.71. The molecule has 1 aliphatic rings. The van der Waals surface area contributed by atoms with Gasteiger partial charge in [0.05, 0.1) is 18.1 Å². The number of nitrogens with one attached hydrogen (secondary N) is 1. The van der Waals surface area contributed by atoms with Gasteiger partial charge in [0.25, 0.3) is 0 Å². The fraction of sp³-hybridized carbons (Fsp3) is 0.538. The number of benzene rings is 1. The molecule has 0 amide bonds. The monoisotopic (exact) mass is 269 g/mol. The molecule has 0 aromatic heterocycles. The minimum atomic E-state index is -2.80. The van der Waals surface area contributed by atoms with E-state index in [4.69, 9.17) is 4.74 Å². The minimum absolute atomic E-state index is 0.0987. The van der Waals surface area contributed by atoms with Gasteiger partial charge in [-0.15, -0.1) is 0 Å². The van der Waals surface area contributed by atoms with Gasteiger partial charge in [0, 0.05) is 12.6 Å². The Balaban J connectivity index is 1.83. The summed E-state index contributed by atoms with van der Waals surface area (Å²) >= 11 is 0. The molecule has 2 rings (SSSR count). The number of sulfone groups is 1. The number of rotatable bonds is 5. The van der Waals surface area contributed by atoms with Gasteiger partial charge in [-0.25, -0.2) is 8.42 Å². The van der Waals surface area contributed by atoms with E-state index in [1.54, 1.807) is 0 Å². The zero-order valence-corrected chi connectivity index (χ0v) is 11.4. The van der Waals surface area contributed by atoms with Gasteiger partial charge in [0.2, 0.25) is 0 Å². The smallest absolute Gasteiger partial charge is 0.151 e. The molecule has 1 N–H and O–H groups in total. The molecule has 1 saturated heterocycles. The van der Waals surface area contributed by atoms with E-state index in [1.807, 2.05) is 31.2 Å². The molecule has 1 heterocycles. The highest BCUT2D eigenvalue weighted by atomic mass is 32.2. The van der Waals surface area contributed by atoms with Gasteiger partial charge in [-0.1, -0.05) is 12.1 Å². The third-order valence-corrected chi connectivity index (χ3v) is 4.83. The van der Waals surface area contributed by atoms with Crippen molar-refractivity contribution in [3.63, 3.8) is 0 Å². The molecule has 100 valence electrons. The maximum absolute atomic E-state index is 11.3. The second-order valence-electron chi connectivity index (χ2n) is 4.56. The lowest BCUT2D eigenvalue weighted by atomic mass is 10.2. The summed E-state index contributed by atoms with van der Waals surface area (Å²) in [5.41, 5.74) is 1.14. The molecule has 1 aromatic carbocycles. The quantitative estimate of drug-likeness (QED) is 0.877. The molecule has 0 spiro atoms. The van der Waals surface area contributed by atoms with Crippen LogP contribution in [-0.2, 0) is 16.4 Å². The maximum atomic E-state index is 11.3. The van der Waals surface area contributed by atoms with E-state index in [0.29, 0.717) is 18.9 Å². The van der Waals surface area contributed by atoms with Crippen LogP contribution in [0.1, 0.15) is 18.9 Å². The Bertz CT molecular complexity index is 481. The number of hydrogen-bond donors (Lipinski definition) is 1. The fourth-order valence-corrected chi connectivity index (χ4v) is 3.80. The average molecular weight is 269 g/mol. The van der Waals surface area contributed by atoms with Crippen molar-refractivity contribution >= 4 is 9.84 Å². The Kier molecular flexibility index (Phi) is 4.24. The molecule has 0 saturated carbocycles. The summed E-state index contributed by atoms with van der Waals surface area (Å²) in [6.45, 7) is 3.32. The molecule has 0 bridgehead atoms. The van der Waals surface area contributed by atoms with Gasteiger partial charge in [0.1, 0.15) is 5.75 Å². The zero-order valence-electron chi connectivity index (χ0n) is 10.6. The van der Waals surface area contributed by atoms with E-state index in [1.165, 1.54) is 0 Å². The van der Waals surface area contributed by atoms with E-state index in [0.717, 1.165) is 17.7 Å². The lowest BCUT2D eigenvalue weighted by molar-refractivity contribution is 0.340. The predicted molar refractivity (Wildman–Crippen MR) is 71.5 cm³/mol. The highest BCUT2D eigenvalue weighted by Crippen LogP contribution is 2.14. The average Bonchev–Trinajstić information content (AvgIpc) is 2.69. The van der Waals surface area contributed by atoms with Gasteiger partial charge in [-0.2, -0.15) is 0 Å². The molecule has 0 unspecified atom stereocenters. The van der Waals surface area contributed by atoms with Crippen LogP contribution in [0.5, 0.6) is 5.75 Å².